The van der Waals surface area contributed by atoms with Crippen molar-refractivity contribution in [3.05, 3.63) is 16.9 Å². The maximum atomic E-state index is 11.2. The Morgan fingerprint density at radius 3 is 2.75 bits per heavy atom. The van der Waals surface area contributed by atoms with Crippen LogP contribution in [0, 0.1) is 0 Å². The number of nitrogen functional groups attached to an aromatic ring is 1. The van der Waals surface area contributed by atoms with Gasteiger partial charge in [-0.25, -0.2) is 13.1 Å². The Labute approximate surface area is 103 Å². The third-order valence-electron chi connectivity index (χ3n) is 1.91. The second-order valence-corrected chi connectivity index (χ2v) is 5.94. The molecule has 0 saturated heterocycles. The van der Waals surface area contributed by atoms with Gasteiger partial charge in [0.1, 0.15) is 0 Å². The summed E-state index contributed by atoms with van der Waals surface area (Å²) in [7, 11) is -1.82. The zero-order valence-corrected chi connectivity index (χ0v) is 11.1. The molecular weight excluding hydrogens is 296 g/mol. The van der Waals surface area contributed by atoms with E-state index in [2.05, 4.69) is 31.0 Å². The van der Waals surface area contributed by atoms with Crippen molar-refractivity contribution in [3.63, 3.8) is 0 Å². The Morgan fingerprint density at radius 1 is 1.50 bits per heavy atom. The van der Waals surface area contributed by atoms with Crippen molar-refractivity contribution in [1.29, 1.82) is 0 Å². The molecule has 0 amide bonds. The Balaban J connectivity index is 2.62. The minimum absolute atomic E-state index is 0.0162. The lowest BCUT2D eigenvalue weighted by Crippen LogP contribution is -2.26. The smallest absolute Gasteiger partial charge is 0.213 e. The van der Waals surface area contributed by atoms with Gasteiger partial charge in [0.05, 0.1) is 27.8 Å². The maximum Gasteiger partial charge on any atom is 0.213 e. The summed E-state index contributed by atoms with van der Waals surface area (Å²) in [6, 6.07) is 0. The van der Waals surface area contributed by atoms with E-state index < -0.39 is 10.0 Å². The number of hydrogen-bond acceptors (Lipinski definition) is 5. The highest BCUT2D eigenvalue weighted by molar-refractivity contribution is 9.10. The number of anilines is 2. The van der Waals surface area contributed by atoms with Gasteiger partial charge in [0, 0.05) is 12.7 Å². The highest BCUT2D eigenvalue weighted by atomic mass is 79.9. The lowest BCUT2D eigenvalue weighted by Gasteiger charge is -2.10. The van der Waals surface area contributed by atoms with E-state index in [4.69, 9.17) is 5.73 Å². The zero-order valence-electron chi connectivity index (χ0n) is 8.70. The molecule has 4 N–H and O–H groups in total. The molecule has 0 atom stereocenters. The molecule has 0 aliphatic rings. The monoisotopic (exact) mass is 308 g/mol. The van der Waals surface area contributed by atoms with Crippen molar-refractivity contribution in [2.45, 2.75) is 0 Å². The van der Waals surface area contributed by atoms with Gasteiger partial charge >= 0.3 is 0 Å². The number of hydrogen-bond donors (Lipinski definition) is 3. The van der Waals surface area contributed by atoms with E-state index in [0.29, 0.717) is 15.8 Å². The van der Waals surface area contributed by atoms with Gasteiger partial charge in [-0.2, -0.15) is 0 Å². The molecule has 1 aromatic rings. The SMILES string of the molecule is CNS(=O)(=O)CCNc1c(N)cncc1Br. The van der Waals surface area contributed by atoms with E-state index in [9.17, 15) is 8.42 Å². The van der Waals surface area contributed by atoms with Gasteiger partial charge in [-0.05, 0) is 23.0 Å². The highest BCUT2D eigenvalue weighted by Crippen LogP contribution is 2.26. The predicted molar refractivity (Wildman–Crippen MR) is 67.7 cm³/mol. The molecule has 1 aromatic heterocycles. The molecule has 0 fully saturated rings. The van der Waals surface area contributed by atoms with Crippen molar-refractivity contribution in [2.75, 3.05) is 30.4 Å². The summed E-state index contributed by atoms with van der Waals surface area (Å²) in [6.45, 7) is 0.274. The first-order valence-electron chi connectivity index (χ1n) is 4.50. The van der Waals surface area contributed by atoms with E-state index in [1.54, 1.807) is 6.20 Å². The lowest BCUT2D eigenvalue weighted by molar-refractivity contribution is 0.588. The molecule has 6 nitrogen and oxygen atoms in total. The van der Waals surface area contributed by atoms with Crippen LogP contribution in [0.25, 0.3) is 0 Å². The van der Waals surface area contributed by atoms with Gasteiger partial charge in [-0.3, -0.25) is 4.98 Å². The molecule has 0 aliphatic heterocycles. The second kappa shape index (κ2) is 5.46. The fraction of sp³-hybridized carbons (Fsp3) is 0.375. The molecule has 16 heavy (non-hydrogen) atoms. The van der Waals surface area contributed by atoms with Gasteiger partial charge in [0.25, 0.3) is 0 Å². The van der Waals surface area contributed by atoms with Crippen molar-refractivity contribution < 1.29 is 8.42 Å². The van der Waals surface area contributed by atoms with E-state index in [-0.39, 0.29) is 12.3 Å². The Bertz CT molecular complexity index is 443. The van der Waals surface area contributed by atoms with Crippen molar-refractivity contribution in [3.8, 4) is 0 Å². The van der Waals surface area contributed by atoms with Crippen LogP contribution >= 0.6 is 15.9 Å². The van der Waals surface area contributed by atoms with Crippen LogP contribution in [0.1, 0.15) is 0 Å². The molecule has 0 radical (unpaired) electrons. The van der Waals surface area contributed by atoms with Crippen molar-refractivity contribution in [2.24, 2.45) is 0 Å². The molecule has 0 saturated carbocycles. The van der Waals surface area contributed by atoms with E-state index in [1.165, 1.54) is 13.2 Å². The number of halogens is 1. The first kappa shape index (κ1) is 13.2. The first-order valence-corrected chi connectivity index (χ1v) is 6.95. The quantitative estimate of drug-likeness (QED) is 0.731. The van der Waals surface area contributed by atoms with E-state index in [1.807, 2.05) is 0 Å². The molecular formula is C8H13BrN4O2S. The summed E-state index contributed by atoms with van der Waals surface area (Å²) in [5, 5.41) is 2.94. The van der Waals surface area contributed by atoms with Gasteiger partial charge in [-0.15, -0.1) is 0 Å². The fourth-order valence-corrected chi connectivity index (χ4v) is 2.11. The average Bonchev–Trinajstić information content (AvgIpc) is 2.22. The number of rotatable bonds is 5. The van der Waals surface area contributed by atoms with Crippen LogP contribution in [0.4, 0.5) is 11.4 Å². The van der Waals surface area contributed by atoms with E-state index >= 15 is 0 Å². The molecule has 0 bridgehead atoms. The molecule has 0 aliphatic carbocycles. The lowest BCUT2D eigenvalue weighted by atomic mass is 10.3. The molecule has 8 heteroatoms. The normalized spacial score (nSPS) is 11.4. The predicted octanol–water partition coefficient (Wildman–Crippen LogP) is 0.387. The Morgan fingerprint density at radius 2 is 2.19 bits per heavy atom. The van der Waals surface area contributed by atoms with Gasteiger partial charge in [0.2, 0.25) is 10.0 Å². The molecule has 0 spiro atoms. The summed E-state index contributed by atoms with van der Waals surface area (Å²) in [5.74, 6) is -0.0162. The summed E-state index contributed by atoms with van der Waals surface area (Å²) in [4.78, 5) is 3.87. The van der Waals surface area contributed by atoms with Gasteiger partial charge < -0.3 is 11.1 Å². The van der Waals surface area contributed by atoms with Crippen molar-refractivity contribution >= 4 is 37.3 Å². The maximum absolute atomic E-state index is 11.2. The standard InChI is InChI=1S/C8H13BrN4O2S/c1-11-16(14,15)3-2-13-8-6(9)4-12-5-7(8)10/h4-5,11H,2-3,10H2,1H3,(H,12,13). The number of nitrogens with two attached hydrogens (primary N) is 1. The third kappa shape index (κ3) is 3.62. The topological polar surface area (TPSA) is 97.1 Å². The number of sulfonamides is 1. The summed E-state index contributed by atoms with van der Waals surface area (Å²) < 4.78 is 25.2. The summed E-state index contributed by atoms with van der Waals surface area (Å²) >= 11 is 3.27. The molecule has 0 aromatic carbocycles. The van der Waals surface area contributed by atoms with Crippen molar-refractivity contribution in [1.82, 2.24) is 9.71 Å². The molecule has 90 valence electrons. The first-order chi connectivity index (χ1) is 7.46. The number of aromatic nitrogens is 1. The Hall–Kier alpha value is -0.860. The Kier molecular flexibility index (Phi) is 4.51. The third-order valence-corrected chi connectivity index (χ3v) is 3.88. The van der Waals surface area contributed by atoms with E-state index in [0.717, 1.165) is 0 Å². The zero-order chi connectivity index (χ0) is 12.2. The highest BCUT2D eigenvalue weighted by Gasteiger charge is 2.08. The molecule has 1 heterocycles. The number of pyridine rings is 1. The van der Waals surface area contributed by atoms with Crippen LogP contribution in [0.3, 0.4) is 0 Å². The summed E-state index contributed by atoms with van der Waals surface area (Å²) in [5.41, 5.74) is 6.81. The van der Waals surface area contributed by atoms with Crippen LogP contribution in [-0.2, 0) is 10.0 Å². The number of nitrogens with zero attached hydrogens (tertiary/aromatic N) is 1. The second-order valence-electron chi connectivity index (χ2n) is 3.04. The fourth-order valence-electron chi connectivity index (χ4n) is 1.05. The van der Waals surface area contributed by atoms with Crippen LogP contribution in [0.2, 0.25) is 0 Å². The molecule has 0 unspecified atom stereocenters. The minimum atomic E-state index is -3.20. The summed E-state index contributed by atoms with van der Waals surface area (Å²) in [6.07, 6.45) is 3.09. The minimum Gasteiger partial charge on any atom is -0.396 e. The van der Waals surface area contributed by atoms with Gasteiger partial charge in [-0.1, -0.05) is 0 Å². The van der Waals surface area contributed by atoms with Crippen LogP contribution in [0.5, 0.6) is 0 Å². The van der Waals surface area contributed by atoms with Crippen LogP contribution in [0.15, 0.2) is 16.9 Å². The largest absolute Gasteiger partial charge is 0.396 e. The van der Waals surface area contributed by atoms with Crippen LogP contribution < -0.4 is 15.8 Å². The molecule has 1 rings (SSSR count). The number of nitrogens with one attached hydrogen (secondary N) is 2. The van der Waals surface area contributed by atoms with Crippen LogP contribution in [-0.4, -0.2) is 32.7 Å². The van der Waals surface area contributed by atoms with Gasteiger partial charge in [0.15, 0.2) is 0 Å². The average molecular weight is 309 g/mol.